The molecule has 0 heterocycles. The van der Waals surface area contributed by atoms with Crippen LogP contribution in [-0.2, 0) is 4.79 Å². The zero-order chi connectivity index (χ0) is 7.98. The highest BCUT2D eigenvalue weighted by molar-refractivity contribution is 5.68. The van der Waals surface area contributed by atoms with E-state index in [2.05, 4.69) is 5.32 Å². The third-order valence-electron chi connectivity index (χ3n) is 0.705. The summed E-state index contributed by atoms with van der Waals surface area (Å²) >= 11 is 0. The van der Waals surface area contributed by atoms with Crippen molar-refractivity contribution in [2.24, 2.45) is 0 Å². The van der Waals surface area contributed by atoms with E-state index in [1.165, 1.54) is 0 Å². The Balaban J connectivity index is 3.21. The van der Waals surface area contributed by atoms with Crippen LogP contribution in [0.2, 0.25) is 0 Å². The molecule has 0 aromatic carbocycles. The molecular formula is C5H9NO4. The van der Waals surface area contributed by atoms with Crippen LogP contribution in [0.25, 0.3) is 0 Å². The summed E-state index contributed by atoms with van der Waals surface area (Å²) in [5.41, 5.74) is 0. The highest BCUT2D eigenvalue weighted by Crippen LogP contribution is 1.75. The molecule has 0 fully saturated rings. The van der Waals surface area contributed by atoms with Crippen LogP contribution < -0.4 is 5.32 Å². The van der Waals surface area contributed by atoms with Crippen LogP contribution in [0, 0.1) is 0 Å². The van der Waals surface area contributed by atoms with E-state index in [0.717, 1.165) is 6.08 Å². The van der Waals surface area contributed by atoms with E-state index in [1.54, 1.807) is 0 Å². The van der Waals surface area contributed by atoms with Crippen molar-refractivity contribution in [3.63, 3.8) is 0 Å². The predicted molar refractivity (Wildman–Crippen MR) is 33.8 cm³/mol. The van der Waals surface area contributed by atoms with Crippen molar-refractivity contribution in [3.05, 3.63) is 12.0 Å². The lowest BCUT2D eigenvalue weighted by Crippen LogP contribution is -2.22. The Labute approximate surface area is 57.6 Å². The SMILES string of the molecule is O=C(O)CNCC=C(O)O. The molecule has 0 unspecified atom stereocenters. The van der Waals surface area contributed by atoms with Gasteiger partial charge >= 0.3 is 5.97 Å². The Kier molecular flexibility index (Phi) is 4.06. The standard InChI is InChI=1S/C5H9NO4/c7-4(8)1-2-6-3-5(9)10/h1,6-8H,2-3H2,(H,9,10). The van der Waals surface area contributed by atoms with Crippen molar-refractivity contribution in [2.45, 2.75) is 0 Å². The smallest absolute Gasteiger partial charge is 0.317 e. The first-order valence-corrected chi connectivity index (χ1v) is 2.63. The molecule has 58 valence electrons. The van der Waals surface area contributed by atoms with Crippen LogP contribution >= 0.6 is 0 Å². The number of rotatable bonds is 4. The Hall–Kier alpha value is -1.23. The number of aliphatic hydroxyl groups excluding tert-OH is 1. The minimum atomic E-state index is -0.981. The molecule has 0 aliphatic carbocycles. The Morgan fingerprint density at radius 1 is 1.40 bits per heavy atom. The second-order valence-corrected chi connectivity index (χ2v) is 1.59. The molecule has 0 radical (unpaired) electrons. The molecule has 10 heavy (non-hydrogen) atoms. The van der Waals surface area contributed by atoms with Gasteiger partial charge in [-0.2, -0.15) is 0 Å². The van der Waals surface area contributed by atoms with E-state index in [4.69, 9.17) is 15.3 Å². The number of aliphatic hydroxyl groups is 2. The quantitative estimate of drug-likeness (QED) is 0.321. The van der Waals surface area contributed by atoms with Gasteiger partial charge in [-0.05, 0) is 0 Å². The van der Waals surface area contributed by atoms with Gasteiger partial charge in [-0.15, -0.1) is 0 Å². The van der Waals surface area contributed by atoms with E-state index in [9.17, 15) is 4.79 Å². The van der Waals surface area contributed by atoms with Gasteiger partial charge in [0.1, 0.15) is 0 Å². The maximum atomic E-state index is 9.84. The molecule has 0 atom stereocenters. The molecule has 0 saturated carbocycles. The number of nitrogens with one attached hydrogen (secondary N) is 1. The average Bonchev–Trinajstić information content (AvgIpc) is 1.79. The van der Waals surface area contributed by atoms with Crippen LogP contribution in [0.3, 0.4) is 0 Å². The number of carboxylic acid groups (broad SMARTS) is 1. The summed E-state index contributed by atoms with van der Waals surface area (Å²) in [6.07, 6.45) is 1.06. The van der Waals surface area contributed by atoms with E-state index in [-0.39, 0.29) is 13.1 Å². The lowest BCUT2D eigenvalue weighted by molar-refractivity contribution is -0.135. The number of carboxylic acids is 1. The topological polar surface area (TPSA) is 89.8 Å². The molecule has 0 aliphatic heterocycles. The Bertz CT molecular complexity index is 139. The zero-order valence-electron chi connectivity index (χ0n) is 5.24. The Morgan fingerprint density at radius 3 is 2.40 bits per heavy atom. The van der Waals surface area contributed by atoms with Crippen molar-refractivity contribution in [1.29, 1.82) is 0 Å². The summed E-state index contributed by atoms with van der Waals surface area (Å²) < 4.78 is 0. The third-order valence-corrected chi connectivity index (χ3v) is 0.705. The average molecular weight is 147 g/mol. The molecule has 0 amide bonds. The van der Waals surface area contributed by atoms with Crippen molar-refractivity contribution >= 4 is 5.97 Å². The second-order valence-electron chi connectivity index (χ2n) is 1.59. The maximum absolute atomic E-state index is 9.84. The molecule has 4 N–H and O–H groups in total. The van der Waals surface area contributed by atoms with Crippen molar-refractivity contribution in [3.8, 4) is 0 Å². The molecule has 0 aromatic heterocycles. The zero-order valence-corrected chi connectivity index (χ0v) is 5.24. The van der Waals surface area contributed by atoms with Crippen LogP contribution in [0.4, 0.5) is 0 Å². The number of aliphatic carboxylic acids is 1. The molecule has 0 aromatic rings. The first-order chi connectivity index (χ1) is 4.63. The fourth-order valence-electron chi connectivity index (χ4n) is 0.343. The van der Waals surface area contributed by atoms with Crippen LogP contribution in [-0.4, -0.2) is 34.4 Å². The van der Waals surface area contributed by atoms with E-state index in [0.29, 0.717) is 0 Å². The van der Waals surface area contributed by atoms with Gasteiger partial charge in [0.25, 0.3) is 5.95 Å². The number of hydrogen-bond donors (Lipinski definition) is 4. The molecule has 0 spiro atoms. The van der Waals surface area contributed by atoms with Gasteiger partial charge < -0.3 is 20.6 Å². The lowest BCUT2D eigenvalue weighted by atomic mass is 10.5. The summed E-state index contributed by atoms with van der Waals surface area (Å²) in [6, 6.07) is 0. The van der Waals surface area contributed by atoms with Crippen molar-refractivity contribution in [1.82, 2.24) is 5.32 Å². The van der Waals surface area contributed by atoms with Gasteiger partial charge in [0, 0.05) is 12.6 Å². The summed E-state index contributed by atoms with van der Waals surface area (Å²) in [5, 5.41) is 26.8. The van der Waals surface area contributed by atoms with E-state index < -0.39 is 11.9 Å². The molecule has 0 aliphatic rings. The van der Waals surface area contributed by atoms with Gasteiger partial charge in [-0.25, -0.2) is 0 Å². The van der Waals surface area contributed by atoms with Crippen LogP contribution in [0.15, 0.2) is 12.0 Å². The summed E-state index contributed by atoms with van der Waals surface area (Å²) in [6.45, 7) is -0.0571. The van der Waals surface area contributed by atoms with Gasteiger partial charge in [0.15, 0.2) is 0 Å². The lowest BCUT2D eigenvalue weighted by Gasteiger charge is -1.93. The number of carbonyl (C=O) groups is 1. The molecule has 5 nitrogen and oxygen atoms in total. The fraction of sp³-hybridized carbons (Fsp3) is 0.400. The molecule has 0 rings (SSSR count). The highest BCUT2D eigenvalue weighted by atomic mass is 16.5. The van der Waals surface area contributed by atoms with E-state index >= 15 is 0 Å². The van der Waals surface area contributed by atoms with Crippen molar-refractivity contribution in [2.75, 3.05) is 13.1 Å². The molecule has 0 saturated heterocycles. The molecule has 5 heteroatoms. The monoisotopic (exact) mass is 147 g/mol. The van der Waals surface area contributed by atoms with Gasteiger partial charge in [-0.3, -0.25) is 4.79 Å². The van der Waals surface area contributed by atoms with E-state index in [1.807, 2.05) is 0 Å². The minimum Gasteiger partial charge on any atom is -0.481 e. The molecule has 0 bridgehead atoms. The highest BCUT2D eigenvalue weighted by Gasteiger charge is 1.92. The largest absolute Gasteiger partial charge is 0.481 e. The van der Waals surface area contributed by atoms with Gasteiger partial charge in [-0.1, -0.05) is 0 Å². The molecular weight excluding hydrogens is 138 g/mol. The third kappa shape index (κ3) is 6.77. The fourth-order valence-corrected chi connectivity index (χ4v) is 0.343. The summed E-state index contributed by atoms with van der Waals surface area (Å²) in [5.74, 6) is -1.79. The first-order valence-electron chi connectivity index (χ1n) is 2.63. The van der Waals surface area contributed by atoms with Gasteiger partial charge in [0.05, 0.1) is 6.54 Å². The van der Waals surface area contributed by atoms with Crippen molar-refractivity contribution < 1.29 is 20.1 Å². The predicted octanol–water partition coefficient (Wildman–Crippen LogP) is -0.382. The van der Waals surface area contributed by atoms with Gasteiger partial charge in [0.2, 0.25) is 0 Å². The van der Waals surface area contributed by atoms with Crippen LogP contribution in [0.1, 0.15) is 0 Å². The second kappa shape index (κ2) is 4.63. The summed E-state index contributed by atoms with van der Waals surface area (Å²) in [7, 11) is 0. The Morgan fingerprint density at radius 2 is 2.00 bits per heavy atom. The number of hydrogen-bond acceptors (Lipinski definition) is 4. The normalized spacial score (nSPS) is 8.80. The maximum Gasteiger partial charge on any atom is 0.317 e. The first kappa shape index (κ1) is 8.77. The van der Waals surface area contributed by atoms with Crippen LogP contribution in [0.5, 0.6) is 0 Å². The summed E-state index contributed by atoms with van der Waals surface area (Å²) in [4.78, 5) is 9.84. The minimum absolute atomic E-state index is 0.134.